The van der Waals surface area contributed by atoms with Gasteiger partial charge >= 0.3 is 0 Å². The second-order valence-electron chi connectivity index (χ2n) is 3.16. The Morgan fingerprint density at radius 1 is 1.38 bits per heavy atom. The summed E-state index contributed by atoms with van der Waals surface area (Å²) >= 11 is 7.05. The molecule has 1 heterocycles. The van der Waals surface area contributed by atoms with E-state index in [1.807, 2.05) is 42.3 Å². The summed E-state index contributed by atoms with van der Waals surface area (Å²) < 4.78 is 3.98. The molecule has 0 aliphatic carbocycles. The fourth-order valence-electron chi connectivity index (χ4n) is 1.35. The number of halogens is 1. The Morgan fingerprint density at radius 3 is 2.69 bits per heavy atom. The van der Waals surface area contributed by atoms with Crippen molar-refractivity contribution in [3.63, 3.8) is 0 Å². The quantitative estimate of drug-likeness (QED) is 0.819. The fraction of sp³-hybridized carbons (Fsp3) is 0.0909. The van der Waals surface area contributed by atoms with Crippen LogP contribution >= 0.6 is 23.1 Å². The van der Waals surface area contributed by atoms with E-state index in [2.05, 4.69) is 10.4 Å². The van der Waals surface area contributed by atoms with Gasteiger partial charge in [0, 0.05) is 12.7 Å². The van der Waals surface area contributed by atoms with Crippen molar-refractivity contribution in [2.45, 2.75) is 0 Å². The zero-order valence-electron chi connectivity index (χ0n) is 8.51. The highest BCUT2D eigenvalue weighted by Gasteiger charge is 2.16. The molecule has 5 heteroatoms. The zero-order valence-corrected chi connectivity index (χ0v) is 10.1. The molecule has 0 bridgehead atoms. The highest BCUT2D eigenvalue weighted by molar-refractivity contribution is 7.11. The number of para-hydroxylation sites is 1. The summed E-state index contributed by atoms with van der Waals surface area (Å²) in [7, 11) is 1.89. The summed E-state index contributed by atoms with van der Waals surface area (Å²) in [6, 6.07) is 11.8. The molecule has 2 rings (SSSR count). The lowest BCUT2D eigenvalue weighted by Crippen LogP contribution is -2.08. The van der Waals surface area contributed by atoms with Crippen molar-refractivity contribution in [1.29, 1.82) is 5.26 Å². The number of aromatic nitrogens is 1. The Bertz CT molecular complexity index is 530. The summed E-state index contributed by atoms with van der Waals surface area (Å²) in [5, 5.41) is 10.0. The number of hydrogen-bond acceptors (Lipinski definition) is 4. The van der Waals surface area contributed by atoms with Crippen molar-refractivity contribution in [2.75, 3.05) is 11.9 Å². The van der Waals surface area contributed by atoms with Gasteiger partial charge < -0.3 is 4.90 Å². The van der Waals surface area contributed by atoms with Crippen molar-refractivity contribution in [3.05, 3.63) is 41.0 Å². The van der Waals surface area contributed by atoms with Crippen LogP contribution in [-0.2, 0) is 0 Å². The SMILES string of the molecule is CN(c1ccccc1)c1snc(Cl)c1C#N. The van der Waals surface area contributed by atoms with Crippen molar-refractivity contribution >= 4 is 33.8 Å². The molecule has 16 heavy (non-hydrogen) atoms. The standard InChI is InChI=1S/C11H8ClN3S/c1-15(8-5-3-2-4-6-8)11-9(7-13)10(12)14-16-11/h2-6H,1H3. The molecule has 80 valence electrons. The Morgan fingerprint density at radius 2 is 2.06 bits per heavy atom. The van der Waals surface area contributed by atoms with Gasteiger partial charge in [-0.15, -0.1) is 0 Å². The van der Waals surface area contributed by atoms with E-state index in [-0.39, 0.29) is 5.15 Å². The number of hydrogen-bond donors (Lipinski definition) is 0. The van der Waals surface area contributed by atoms with Gasteiger partial charge in [0.1, 0.15) is 16.6 Å². The molecule has 0 saturated heterocycles. The van der Waals surface area contributed by atoms with Gasteiger partial charge in [0.15, 0.2) is 5.15 Å². The minimum Gasteiger partial charge on any atom is -0.334 e. The van der Waals surface area contributed by atoms with Crippen molar-refractivity contribution < 1.29 is 0 Å². The molecule has 1 aromatic carbocycles. The van der Waals surface area contributed by atoms with E-state index >= 15 is 0 Å². The number of nitrogens with zero attached hydrogens (tertiary/aromatic N) is 3. The number of benzene rings is 1. The Balaban J connectivity index is 2.43. The average Bonchev–Trinajstić information content (AvgIpc) is 2.70. The van der Waals surface area contributed by atoms with E-state index in [0.29, 0.717) is 5.56 Å². The molecule has 2 aromatic rings. The maximum absolute atomic E-state index is 8.99. The third-order valence-corrected chi connectivity index (χ3v) is 3.49. The second kappa shape index (κ2) is 4.52. The van der Waals surface area contributed by atoms with Gasteiger partial charge in [-0.2, -0.15) is 9.64 Å². The van der Waals surface area contributed by atoms with Crippen LogP contribution in [-0.4, -0.2) is 11.4 Å². The summed E-state index contributed by atoms with van der Waals surface area (Å²) in [6.45, 7) is 0. The van der Waals surface area contributed by atoms with E-state index in [9.17, 15) is 0 Å². The molecular weight excluding hydrogens is 242 g/mol. The molecule has 3 nitrogen and oxygen atoms in total. The van der Waals surface area contributed by atoms with Gasteiger partial charge in [-0.3, -0.25) is 0 Å². The molecule has 0 atom stereocenters. The lowest BCUT2D eigenvalue weighted by Gasteiger charge is -2.16. The first-order valence-corrected chi connectivity index (χ1v) is 5.73. The molecule has 0 aliphatic heterocycles. The van der Waals surface area contributed by atoms with Crippen LogP contribution in [0.2, 0.25) is 5.15 Å². The average molecular weight is 250 g/mol. The van der Waals surface area contributed by atoms with E-state index in [0.717, 1.165) is 10.7 Å². The second-order valence-corrected chi connectivity index (χ2v) is 4.27. The predicted molar refractivity (Wildman–Crippen MR) is 66.3 cm³/mol. The van der Waals surface area contributed by atoms with Gasteiger partial charge in [0.05, 0.1) is 0 Å². The van der Waals surface area contributed by atoms with Crippen LogP contribution in [0.4, 0.5) is 10.7 Å². The molecule has 0 saturated carbocycles. The highest BCUT2D eigenvalue weighted by atomic mass is 35.5. The molecule has 0 spiro atoms. The molecular formula is C11H8ClN3S. The molecule has 0 aliphatic rings. The lowest BCUT2D eigenvalue weighted by atomic mass is 10.3. The minimum atomic E-state index is 0.269. The summed E-state index contributed by atoms with van der Waals surface area (Å²) in [5.74, 6) is 0. The predicted octanol–water partition coefficient (Wildman–Crippen LogP) is 3.44. The Labute approximate surface area is 103 Å². The molecule has 0 fully saturated rings. The fourth-order valence-corrected chi connectivity index (χ4v) is 2.37. The van der Waals surface area contributed by atoms with Crippen LogP contribution in [0.1, 0.15) is 5.56 Å². The van der Waals surface area contributed by atoms with E-state index < -0.39 is 0 Å². The van der Waals surface area contributed by atoms with Crippen LogP contribution in [0.25, 0.3) is 0 Å². The molecule has 0 radical (unpaired) electrons. The minimum absolute atomic E-state index is 0.269. The van der Waals surface area contributed by atoms with Crippen LogP contribution in [0.3, 0.4) is 0 Å². The van der Waals surface area contributed by atoms with Gasteiger partial charge in [0.25, 0.3) is 0 Å². The highest BCUT2D eigenvalue weighted by Crippen LogP contribution is 2.34. The summed E-state index contributed by atoms with van der Waals surface area (Å²) in [6.07, 6.45) is 0. The largest absolute Gasteiger partial charge is 0.334 e. The third kappa shape index (κ3) is 1.87. The number of anilines is 2. The van der Waals surface area contributed by atoms with E-state index in [1.165, 1.54) is 11.5 Å². The van der Waals surface area contributed by atoms with E-state index in [1.54, 1.807) is 0 Å². The zero-order chi connectivity index (χ0) is 11.5. The Kier molecular flexibility index (Phi) is 3.09. The van der Waals surface area contributed by atoms with Crippen molar-refractivity contribution in [3.8, 4) is 6.07 Å². The van der Waals surface area contributed by atoms with Crippen LogP contribution in [0.5, 0.6) is 0 Å². The van der Waals surface area contributed by atoms with Crippen molar-refractivity contribution in [2.24, 2.45) is 0 Å². The van der Waals surface area contributed by atoms with Gasteiger partial charge in [-0.1, -0.05) is 29.8 Å². The smallest absolute Gasteiger partial charge is 0.162 e. The number of rotatable bonds is 2. The number of nitriles is 1. The normalized spacial score (nSPS) is 9.81. The van der Waals surface area contributed by atoms with Gasteiger partial charge in [-0.05, 0) is 23.7 Å². The van der Waals surface area contributed by atoms with Gasteiger partial charge in [-0.25, -0.2) is 0 Å². The topological polar surface area (TPSA) is 39.9 Å². The first-order valence-electron chi connectivity index (χ1n) is 4.58. The monoisotopic (exact) mass is 249 g/mol. The molecule has 1 aromatic heterocycles. The van der Waals surface area contributed by atoms with Gasteiger partial charge in [0.2, 0.25) is 0 Å². The molecule has 0 unspecified atom stereocenters. The molecule has 0 N–H and O–H groups in total. The van der Waals surface area contributed by atoms with Crippen LogP contribution in [0.15, 0.2) is 30.3 Å². The maximum atomic E-state index is 8.99. The third-order valence-electron chi connectivity index (χ3n) is 2.19. The van der Waals surface area contributed by atoms with E-state index in [4.69, 9.17) is 16.9 Å². The van der Waals surface area contributed by atoms with Crippen molar-refractivity contribution in [1.82, 2.24) is 4.37 Å². The summed E-state index contributed by atoms with van der Waals surface area (Å²) in [5.41, 5.74) is 1.43. The lowest BCUT2D eigenvalue weighted by molar-refractivity contribution is 1.23. The first-order chi connectivity index (χ1) is 7.74. The van der Waals surface area contributed by atoms with Crippen LogP contribution in [0, 0.1) is 11.3 Å². The first kappa shape index (κ1) is 10.9. The Hall–Kier alpha value is -1.57. The van der Waals surface area contributed by atoms with Crippen LogP contribution < -0.4 is 4.90 Å². The summed E-state index contributed by atoms with van der Waals surface area (Å²) in [4.78, 5) is 1.90. The molecule has 0 amide bonds. The maximum Gasteiger partial charge on any atom is 0.162 e.